The molecule has 0 fully saturated rings. The highest BCUT2D eigenvalue weighted by atomic mass is 35.5. The largest absolute Gasteiger partial charge is 0.508 e. The highest BCUT2D eigenvalue weighted by Gasteiger charge is 2.11. The molecule has 0 bridgehead atoms. The van der Waals surface area contributed by atoms with Gasteiger partial charge in [-0.3, -0.25) is 4.79 Å². The summed E-state index contributed by atoms with van der Waals surface area (Å²) >= 11 is 5.87. The van der Waals surface area contributed by atoms with E-state index in [1.165, 1.54) is 30.3 Å². The molecule has 4 nitrogen and oxygen atoms in total. The average molecular weight is 264 g/mol. The Kier molecular flexibility index (Phi) is 3.39. The zero-order chi connectivity index (χ0) is 13.1. The van der Waals surface area contributed by atoms with E-state index in [-0.39, 0.29) is 22.1 Å². The van der Waals surface area contributed by atoms with E-state index >= 15 is 0 Å². The zero-order valence-corrected chi connectivity index (χ0v) is 9.98. The van der Waals surface area contributed by atoms with Crippen molar-refractivity contribution in [2.75, 3.05) is 5.32 Å². The van der Waals surface area contributed by atoms with Gasteiger partial charge in [-0.25, -0.2) is 0 Å². The first kappa shape index (κ1) is 12.3. The second kappa shape index (κ2) is 4.98. The fourth-order valence-corrected chi connectivity index (χ4v) is 1.67. The van der Waals surface area contributed by atoms with Crippen LogP contribution < -0.4 is 5.32 Å². The summed E-state index contributed by atoms with van der Waals surface area (Å²) in [6.07, 6.45) is 0. The van der Waals surface area contributed by atoms with Crippen LogP contribution in [-0.2, 0) is 0 Å². The highest BCUT2D eigenvalue weighted by molar-refractivity contribution is 6.34. The van der Waals surface area contributed by atoms with Crippen LogP contribution in [0.3, 0.4) is 0 Å². The molecule has 0 saturated heterocycles. The maximum atomic E-state index is 11.9. The Morgan fingerprint density at radius 1 is 1.06 bits per heavy atom. The molecule has 0 radical (unpaired) electrons. The first-order valence-corrected chi connectivity index (χ1v) is 5.53. The number of aromatic hydroxyl groups is 2. The van der Waals surface area contributed by atoms with Crippen LogP contribution in [0.4, 0.5) is 5.69 Å². The lowest BCUT2D eigenvalue weighted by Gasteiger charge is -2.07. The molecule has 0 aliphatic rings. The van der Waals surface area contributed by atoms with Crippen LogP contribution >= 0.6 is 11.6 Å². The number of benzene rings is 2. The molecule has 0 aliphatic carbocycles. The Balaban J connectivity index is 2.24. The molecule has 5 heteroatoms. The van der Waals surface area contributed by atoms with Gasteiger partial charge < -0.3 is 15.5 Å². The molecule has 0 saturated carbocycles. The van der Waals surface area contributed by atoms with Crippen molar-refractivity contribution in [3.63, 3.8) is 0 Å². The summed E-state index contributed by atoms with van der Waals surface area (Å²) in [5.41, 5.74) is 0.611. The summed E-state index contributed by atoms with van der Waals surface area (Å²) in [5.74, 6) is -0.447. The third-order valence-electron chi connectivity index (χ3n) is 2.30. The van der Waals surface area contributed by atoms with Crippen molar-refractivity contribution in [1.82, 2.24) is 0 Å². The Hall–Kier alpha value is -2.20. The van der Waals surface area contributed by atoms with Crippen molar-refractivity contribution < 1.29 is 15.0 Å². The first-order valence-electron chi connectivity index (χ1n) is 5.15. The van der Waals surface area contributed by atoms with Gasteiger partial charge in [0.25, 0.3) is 5.91 Å². The summed E-state index contributed by atoms with van der Waals surface area (Å²) in [7, 11) is 0. The van der Waals surface area contributed by atoms with Crippen molar-refractivity contribution in [1.29, 1.82) is 0 Å². The first-order chi connectivity index (χ1) is 8.56. The molecule has 1 amide bonds. The lowest BCUT2D eigenvalue weighted by Crippen LogP contribution is -2.12. The van der Waals surface area contributed by atoms with Gasteiger partial charge in [-0.05, 0) is 30.3 Å². The van der Waals surface area contributed by atoms with Gasteiger partial charge in [-0.2, -0.15) is 0 Å². The number of phenols is 2. The Bertz CT molecular complexity index is 599. The number of phenolic OH excluding ortho intramolecular Hbond substituents is 2. The van der Waals surface area contributed by atoms with E-state index in [9.17, 15) is 15.0 Å². The number of hydrogen-bond donors (Lipinski definition) is 3. The summed E-state index contributed by atoms with van der Waals surface area (Å²) in [4.78, 5) is 11.9. The number of halogens is 1. The minimum Gasteiger partial charge on any atom is -0.508 e. The molecular formula is C13H10ClNO3. The highest BCUT2D eigenvalue weighted by Crippen LogP contribution is 2.23. The van der Waals surface area contributed by atoms with Crippen LogP contribution in [-0.4, -0.2) is 16.1 Å². The summed E-state index contributed by atoms with van der Waals surface area (Å²) in [6.45, 7) is 0. The summed E-state index contributed by atoms with van der Waals surface area (Å²) in [5, 5.41) is 21.4. The molecule has 92 valence electrons. The number of carbonyl (C=O) groups excluding carboxylic acids is 1. The van der Waals surface area contributed by atoms with E-state index in [0.717, 1.165) is 0 Å². The van der Waals surface area contributed by atoms with Gasteiger partial charge in [-0.1, -0.05) is 17.7 Å². The normalized spacial score (nSPS) is 10.1. The number of nitrogens with one attached hydrogen (secondary N) is 1. The number of amides is 1. The van der Waals surface area contributed by atoms with E-state index < -0.39 is 5.91 Å². The third kappa shape index (κ3) is 2.73. The molecule has 2 aromatic carbocycles. The van der Waals surface area contributed by atoms with Crippen molar-refractivity contribution in [3.8, 4) is 11.5 Å². The fourth-order valence-electron chi connectivity index (χ4n) is 1.47. The SMILES string of the molecule is O=C(Nc1cccc(O)c1)c1cc(O)ccc1Cl. The predicted octanol–water partition coefficient (Wildman–Crippen LogP) is 3.00. The molecule has 2 rings (SSSR count). The molecular weight excluding hydrogens is 254 g/mol. The van der Waals surface area contributed by atoms with Crippen molar-refractivity contribution >= 4 is 23.2 Å². The Morgan fingerprint density at radius 3 is 2.50 bits per heavy atom. The van der Waals surface area contributed by atoms with Crippen LogP contribution in [0.1, 0.15) is 10.4 Å². The van der Waals surface area contributed by atoms with Crippen molar-refractivity contribution in [2.45, 2.75) is 0 Å². The van der Waals surface area contributed by atoms with Gasteiger partial charge in [0.15, 0.2) is 0 Å². The number of anilines is 1. The molecule has 0 unspecified atom stereocenters. The second-order valence-corrected chi connectivity index (χ2v) is 4.08. The zero-order valence-electron chi connectivity index (χ0n) is 9.22. The van der Waals surface area contributed by atoms with E-state index in [1.54, 1.807) is 12.1 Å². The van der Waals surface area contributed by atoms with Crippen LogP contribution in [0.25, 0.3) is 0 Å². The molecule has 0 heterocycles. The van der Waals surface area contributed by atoms with Crippen molar-refractivity contribution in [3.05, 3.63) is 53.1 Å². The summed E-state index contributed by atoms with van der Waals surface area (Å²) < 4.78 is 0. The van der Waals surface area contributed by atoms with E-state index in [0.29, 0.717) is 5.69 Å². The predicted molar refractivity (Wildman–Crippen MR) is 69.2 cm³/mol. The van der Waals surface area contributed by atoms with Gasteiger partial charge in [0.1, 0.15) is 11.5 Å². The van der Waals surface area contributed by atoms with Crippen LogP contribution in [0.5, 0.6) is 11.5 Å². The van der Waals surface area contributed by atoms with Gasteiger partial charge in [0.05, 0.1) is 10.6 Å². The Morgan fingerprint density at radius 2 is 1.78 bits per heavy atom. The van der Waals surface area contributed by atoms with E-state index in [2.05, 4.69) is 5.32 Å². The molecule has 0 spiro atoms. The molecule has 0 atom stereocenters. The van der Waals surface area contributed by atoms with Crippen LogP contribution in [0.2, 0.25) is 5.02 Å². The Labute approximate surface area is 108 Å². The van der Waals surface area contributed by atoms with E-state index in [4.69, 9.17) is 11.6 Å². The van der Waals surface area contributed by atoms with Crippen LogP contribution in [0.15, 0.2) is 42.5 Å². The maximum Gasteiger partial charge on any atom is 0.257 e. The topological polar surface area (TPSA) is 69.6 Å². The molecule has 0 aliphatic heterocycles. The van der Waals surface area contributed by atoms with Gasteiger partial charge in [0.2, 0.25) is 0 Å². The minimum atomic E-state index is -0.457. The maximum absolute atomic E-state index is 11.9. The second-order valence-electron chi connectivity index (χ2n) is 3.67. The number of carbonyl (C=O) groups is 1. The minimum absolute atomic E-state index is 0.0412. The summed E-state index contributed by atoms with van der Waals surface area (Å²) in [6, 6.07) is 10.3. The molecule has 0 aromatic heterocycles. The van der Waals surface area contributed by atoms with Gasteiger partial charge in [-0.15, -0.1) is 0 Å². The number of hydrogen-bond acceptors (Lipinski definition) is 3. The fraction of sp³-hybridized carbons (Fsp3) is 0. The molecule has 2 aromatic rings. The quantitative estimate of drug-likeness (QED) is 0.780. The monoisotopic (exact) mass is 263 g/mol. The molecule has 18 heavy (non-hydrogen) atoms. The van der Waals surface area contributed by atoms with Gasteiger partial charge in [0, 0.05) is 11.8 Å². The lowest BCUT2D eigenvalue weighted by atomic mass is 10.2. The number of rotatable bonds is 2. The third-order valence-corrected chi connectivity index (χ3v) is 2.63. The smallest absolute Gasteiger partial charge is 0.257 e. The van der Waals surface area contributed by atoms with Crippen molar-refractivity contribution in [2.24, 2.45) is 0 Å². The molecule has 3 N–H and O–H groups in total. The van der Waals surface area contributed by atoms with Gasteiger partial charge >= 0.3 is 0 Å². The van der Waals surface area contributed by atoms with Crippen LogP contribution in [0, 0.1) is 0 Å². The standard InChI is InChI=1S/C13H10ClNO3/c14-12-5-4-10(17)7-11(12)13(18)15-8-2-1-3-9(16)6-8/h1-7,16-17H,(H,15,18). The van der Waals surface area contributed by atoms with E-state index in [1.807, 2.05) is 0 Å². The lowest BCUT2D eigenvalue weighted by molar-refractivity contribution is 0.102. The average Bonchev–Trinajstić information content (AvgIpc) is 2.32.